The van der Waals surface area contributed by atoms with Crippen molar-refractivity contribution in [1.82, 2.24) is 24.5 Å². The average molecular weight is 395 g/mol. The van der Waals surface area contributed by atoms with Crippen molar-refractivity contribution in [3.05, 3.63) is 30.6 Å². The van der Waals surface area contributed by atoms with E-state index in [2.05, 4.69) is 21.7 Å². The lowest BCUT2D eigenvalue weighted by atomic mass is 10.3. The van der Waals surface area contributed by atoms with E-state index in [0.29, 0.717) is 31.1 Å². The molecule has 2 aliphatic heterocycles. The molecular weight excluding hydrogens is 370 g/mol. The lowest BCUT2D eigenvalue weighted by Gasteiger charge is -2.28. The molecule has 0 saturated carbocycles. The summed E-state index contributed by atoms with van der Waals surface area (Å²) in [6, 6.07) is 8.00. The molecule has 0 amide bonds. The van der Waals surface area contributed by atoms with E-state index in [9.17, 15) is 0 Å². The minimum atomic E-state index is 0.138. The molecule has 2 aromatic heterocycles. The van der Waals surface area contributed by atoms with Crippen LogP contribution < -0.4 is 9.80 Å². The number of anilines is 2. The maximum atomic E-state index is 5.81. The number of aromatic nitrogens is 5. The van der Waals surface area contributed by atoms with Crippen LogP contribution in [-0.2, 0) is 9.47 Å². The largest absolute Gasteiger partial charge is 0.378 e. The lowest BCUT2D eigenvalue weighted by molar-refractivity contribution is 0.0820. The van der Waals surface area contributed by atoms with Crippen LogP contribution in [0.3, 0.4) is 0 Å². The highest BCUT2D eigenvalue weighted by Gasteiger charge is 2.23. The monoisotopic (exact) mass is 395 g/mol. The molecule has 9 nitrogen and oxygen atoms in total. The molecule has 1 atom stereocenters. The van der Waals surface area contributed by atoms with Crippen molar-refractivity contribution in [2.75, 3.05) is 55.8 Å². The molecule has 2 saturated heterocycles. The van der Waals surface area contributed by atoms with Gasteiger partial charge in [-0.1, -0.05) is 12.1 Å². The molecule has 4 heterocycles. The predicted octanol–water partition coefficient (Wildman–Crippen LogP) is 1.66. The first-order chi connectivity index (χ1) is 14.3. The summed E-state index contributed by atoms with van der Waals surface area (Å²) in [5.41, 5.74) is 1.89. The van der Waals surface area contributed by atoms with Gasteiger partial charge in [0.25, 0.3) is 0 Å². The molecule has 0 radical (unpaired) electrons. The van der Waals surface area contributed by atoms with Crippen LogP contribution in [0.5, 0.6) is 0 Å². The number of hydrogen-bond donors (Lipinski definition) is 0. The predicted molar refractivity (Wildman–Crippen MR) is 110 cm³/mol. The van der Waals surface area contributed by atoms with Gasteiger partial charge in [-0.2, -0.15) is 15.0 Å². The number of rotatable bonds is 3. The van der Waals surface area contributed by atoms with Gasteiger partial charge in [-0.05, 0) is 25.5 Å². The highest BCUT2D eigenvalue weighted by Crippen LogP contribution is 2.22. The fraction of sp³-hybridized carbons (Fsp3) is 0.500. The third-order valence-corrected chi connectivity index (χ3v) is 5.30. The number of hydrogen-bond acceptors (Lipinski definition) is 8. The van der Waals surface area contributed by atoms with Crippen LogP contribution in [0, 0.1) is 0 Å². The van der Waals surface area contributed by atoms with Gasteiger partial charge in [0.05, 0.1) is 30.4 Å². The maximum Gasteiger partial charge on any atom is 0.242 e. The summed E-state index contributed by atoms with van der Waals surface area (Å²) in [4.78, 5) is 23.3. The van der Waals surface area contributed by atoms with Gasteiger partial charge in [0, 0.05) is 32.8 Å². The molecule has 9 heteroatoms. The molecule has 1 aromatic carbocycles. The number of para-hydroxylation sites is 2. The topological polar surface area (TPSA) is 81.4 Å². The van der Waals surface area contributed by atoms with Crippen LogP contribution in [0.15, 0.2) is 30.6 Å². The van der Waals surface area contributed by atoms with E-state index in [1.54, 1.807) is 6.33 Å². The number of nitrogens with zero attached hydrogens (tertiary/aromatic N) is 7. The van der Waals surface area contributed by atoms with Gasteiger partial charge in [0.15, 0.2) is 0 Å². The van der Waals surface area contributed by atoms with Crippen molar-refractivity contribution in [2.24, 2.45) is 0 Å². The summed E-state index contributed by atoms with van der Waals surface area (Å²) in [5, 5.41) is 0. The Morgan fingerprint density at radius 1 is 0.897 bits per heavy atom. The zero-order valence-electron chi connectivity index (χ0n) is 16.6. The molecule has 3 aromatic rings. The Balaban J connectivity index is 1.59. The minimum absolute atomic E-state index is 0.138. The molecule has 152 valence electrons. The van der Waals surface area contributed by atoms with Gasteiger partial charge in [-0.15, -0.1) is 0 Å². The number of fused-ring (bicyclic) bond motifs is 1. The number of imidazole rings is 1. The molecule has 0 aliphatic carbocycles. The zero-order chi connectivity index (χ0) is 19.6. The molecule has 1 unspecified atom stereocenters. The molecule has 2 aliphatic rings. The maximum absolute atomic E-state index is 5.81. The Hall–Kier alpha value is -2.78. The number of benzene rings is 1. The van der Waals surface area contributed by atoms with Crippen LogP contribution in [-0.4, -0.2) is 76.6 Å². The van der Waals surface area contributed by atoms with Crippen molar-refractivity contribution >= 4 is 22.9 Å². The quantitative estimate of drug-likeness (QED) is 0.662. The molecular formula is C20H25N7O2. The summed E-state index contributed by atoms with van der Waals surface area (Å²) in [6.45, 7) is 7.38. The number of morpholine rings is 1. The van der Waals surface area contributed by atoms with E-state index in [1.807, 2.05) is 28.8 Å². The van der Waals surface area contributed by atoms with E-state index in [-0.39, 0.29) is 6.10 Å². The van der Waals surface area contributed by atoms with Gasteiger partial charge < -0.3 is 19.3 Å². The Labute approximate surface area is 169 Å². The molecule has 0 N–H and O–H groups in total. The smallest absolute Gasteiger partial charge is 0.242 e. The molecule has 0 spiro atoms. The average Bonchev–Trinajstić information content (AvgIpc) is 3.08. The van der Waals surface area contributed by atoms with E-state index in [4.69, 9.17) is 24.4 Å². The molecule has 29 heavy (non-hydrogen) atoms. The van der Waals surface area contributed by atoms with Crippen LogP contribution in [0.1, 0.15) is 13.3 Å². The van der Waals surface area contributed by atoms with E-state index >= 15 is 0 Å². The fourth-order valence-electron chi connectivity index (χ4n) is 3.79. The summed E-state index contributed by atoms with van der Waals surface area (Å²) >= 11 is 0. The van der Waals surface area contributed by atoms with Gasteiger partial charge in [-0.3, -0.25) is 4.57 Å². The summed E-state index contributed by atoms with van der Waals surface area (Å²) < 4.78 is 13.2. The van der Waals surface area contributed by atoms with Crippen molar-refractivity contribution in [1.29, 1.82) is 0 Å². The van der Waals surface area contributed by atoms with E-state index in [1.165, 1.54) is 0 Å². The third kappa shape index (κ3) is 3.75. The van der Waals surface area contributed by atoms with Crippen molar-refractivity contribution in [2.45, 2.75) is 19.4 Å². The van der Waals surface area contributed by atoms with Crippen molar-refractivity contribution in [3.63, 3.8) is 0 Å². The van der Waals surface area contributed by atoms with E-state index < -0.39 is 0 Å². The Morgan fingerprint density at radius 2 is 1.66 bits per heavy atom. The second-order valence-corrected chi connectivity index (χ2v) is 7.42. The van der Waals surface area contributed by atoms with Crippen molar-refractivity contribution in [3.8, 4) is 5.95 Å². The Morgan fingerprint density at radius 3 is 2.52 bits per heavy atom. The van der Waals surface area contributed by atoms with Crippen LogP contribution in [0.2, 0.25) is 0 Å². The van der Waals surface area contributed by atoms with Crippen LogP contribution in [0.4, 0.5) is 11.9 Å². The van der Waals surface area contributed by atoms with Gasteiger partial charge in [0.2, 0.25) is 17.8 Å². The Bertz CT molecular complexity index is 986. The van der Waals surface area contributed by atoms with E-state index in [0.717, 1.165) is 50.2 Å². The molecule has 0 bridgehead atoms. The van der Waals surface area contributed by atoms with Gasteiger partial charge in [0.1, 0.15) is 6.33 Å². The SMILES string of the molecule is CC1CN(c2nc(N3CCOCC3)nc(-n3cnc4ccccc43)n2)CCCO1. The normalized spacial score (nSPS) is 20.8. The summed E-state index contributed by atoms with van der Waals surface area (Å²) in [7, 11) is 0. The van der Waals surface area contributed by atoms with Crippen molar-refractivity contribution < 1.29 is 9.47 Å². The number of ether oxygens (including phenoxy) is 2. The fourth-order valence-corrected chi connectivity index (χ4v) is 3.79. The van der Waals surface area contributed by atoms with Gasteiger partial charge >= 0.3 is 0 Å². The standard InChI is InChI=1S/C20H25N7O2/c1-15-13-26(7-4-10-29-15)19-22-18(25-8-11-28-12-9-25)23-20(24-19)27-14-21-16-5-2-3-6-17(16)27/h2-3,5-6,14-15H,4,7-13H2,1H3. The highest BCUT2D eigenvalue weighted by atomic mass is 16.5. The zero-order valence-corrected chi connectivity index (χ0v) is 16.6. The first-order valence-electron chi connectivity index (χ1n) is 10.2. The second kappa shape index (κ2) is 7.92. The second-order valence-electron chi connectivity index (χ2n) is 7.42. The van der Waals surface area contributed by atoms with Crippen LogP contribution in [0.25, 0.3) is 17.0 Å². The third-order valence-electron chi connectivity index (χ3n) is 5.30. The van der Waals surface area contributed by atoms with Crippen LogP contribution >= 0.6 is 0 Å². The first-order valence-corrected chi connectivity index (χ1v) is 10.2. The lowest BCUT2D eigenvalue weighted by Crippen LogP contribution is -2.38. The summed E-state index contributed by atoms with van der Waals surface area (Å²) in [6.07, 6.45) is 2.87. The molecule has 2 fully saturated rings. The highest BCUT2D eigenvalue weighted by molar-refractivity contribution is 5.76. The minimum Gasteiger partial charge on any atom is -0.378 e. The Kier molecular flexibility index (Phi) is 4.99. The molecule has 5 rings (SSSR count). The first kappa shape index (κ1) is 18.3. The van der Waals surface area contributed by atoms with Gasteiger partial charge in [-0.25, -0.2) is 4.98 Å². The summed E-state index contributed by atoms with van der Waals surface area (Å²) in [5.74, 6) is 1.96.